The first kappa shape index (κ1) is 10.2. The van der Waals surface area contributed by atoms with Crippen molar-refractivity contribution in [2.75, 3.05) is 4.72 Å². The normalized spacial score (nSPS) is 12.9. The van der Waals surface area contributed by atoms with Crippen molar-refractivity contribution in [1.29, 1.82) is 0 Å². The Morgan fingerprint density at radius 3 is 2.69 bits per heavy atom. The van der Waals surface area contributed by atoms with Crippen LogP contribution in [-0.2, 0) is 11.0 Å². The van der Waals surface area contributed by atoms with E-state index in [2.05, 4.69) is 9.71 Å². The summed E-state index contributed by atoms with van der Waals surface area (Å²) in [5, 5.41) is 0.0994. The van der Waals surface area contributed by atoms with Crippen LogP contribution in [0.5, 0.6) is 0 Å². The molecular formula is C9H14N2OS. The molecule has 0 aliphatic heterocycles. The minimum atomic E-state index is -1.04. The van der Waals surface area contributed by atoms with Crippen LogP contribution >= 0.6 is 0 Å². The standard InChI is InChI=1S/C9H14N2OS/c1-7(2)13(12)11-9-6-4-5-8(3)10-9/h4-7H,1-3H3,(H,10,11). The second-order valence-electron chi connectivity index (χ2n) is 3.11. The van der Waals surface area contributed by atoms with Crippen LogP contribution in [0.2, 0.25) is 0 Å². The Morgan fingerprint density at radius 1 is 1.46 bits per heavy atom. The van der Waals surface area contributed by atoms with E-state index in [-0.39, 0.29) is 5.25 Å². The molecule has 0 bridgehead atoms. The van der Waals surface area contributed by atoms with E-state index in [0.717, 1.165) is 5.69 Å². The van der Waals surface area contributed by atoms with E-state index < -0.39 is 11.0 Å². The predicted molar refractivity (Wildman–Crippen MR) is 55.9 cm³/mol. The first-order chi connectivity index (χ1) is 6.09. The molecule has 0 saturated heterocycles. The van der Waals surface area contributed by atoms with Gasteiger partial charge in [0.1, 0.15) is 16.8 Å². The number of rotatable bonds is 3. The van der Waals surface area contributed by atoms with Gasteiger partial charge in [0.15, 0.2) is 0 Å². The Labute approximate surface area is 81.2 Å². The van der Waals surface area contributed by atoms with Crippen LogP contribution in [-0.4, -0.2) is 14.4 Å². The summed E-state index contributed by atoms with van der Waals surface area (Å²) in [7, 11) is -1.04. The lowest BCUT2D eigenvalue weighted by atomic mass is 10.4. The lowest BCUT2D eigenvalue weighted by molar-refractivity contribution is 0.680. The van der Waals surface area contributed by atoms with Gasteiger partial charge in [-0.15, -0.1) is 0 Å². The van der Waals surface area contributed by atoms with E-state index in [1.54, 1.807) is 0 Å². The largest absolute Gasteiger partial charge is 0.289 e. The number of nitrogens with zero attached hydrogens (tertiary/aromatic N) is 1. The number of aryl methyl sites for hydroxylation is 1. The molecule has 0 spiro atoms. The molecule has 0 amide bonds. The topological polar surface area (TPSA) is 42.0 Å². The van der Waals surface area contributed by atoms with Crippen LogP contribution in [0.4, 0.5) is 5.82 Å². The number of hydrogen-bond acceptors (Lipinski definition) is 2. The Kier molecular flexibility index (Phi) is 3.42. The molecule has 1 heterocycles. The number of hydrogen-bond donors (Lipinski definition) is 1. The molecule has 0 radical (unpaired) electrons. The lowest BCUT2D eigenvalue weighted by Crippen LogP contribution is -2.15. The first-order valence-electron chi connectivity index (χ1n) is 4.20. The summed E-state index contributed by atoms with van der Waals surface area (Å²) in [6.07, 6.45) is 0. The molecule has 0 aromatic carbocycles. The third-order valence-electron chi connectivity index (χ3n) is 1.52. The summed E-state index contributed by atoms with van der Waals surface area (Å²) in [5.74, 6) is 0.673. The van der Waals surface area contributed by atoms with E-state index in [1.165, 1.54) is 0 Å². The Hall–Kier alpha value is -0.900. The summed E-state index contributed by atoms with van der Waals surface area (Å²) in [5.41, 5.74) is 0.922. The molecule has 1 atom stereocenters. The molecule has 1 aromatic rings. The second kappa shape index (κ2) is 4.37. The third-order valence-corrected chi connectivity index (χ3v) is 2.79. The van der Waals surface area contributed by atoms with Gasteiger partial charge in [-0.3, -0.25) is 4.72 Å². The third kappa shape index (κ3) is 3.14. The molecule has 72 valence electrons. The van der Waals surface area contributed by atoms with Crippen molar-refractivity contribution in [2.45, 2.75) is 26.0 Å². The van der Waals surface area contributed by atoms with Crippen LogP contribution in [0.15, 0.2) is 18.2 Å². The van der Waals surface area contributed by atoms with Crippen molar-refractivity contribution in [3.05, 3.63) is 23.9 Å². The van der Waals surface area contributed by atoms with Crippen LogP contribution in [0.3, 0.4) is 0 Å². The maximum absolute atomic E-state index is 11.4. The van der Waals surface area contributed by atoms with Crippen LogP contribution in [0.25, 0.3) is 0 Å². The molecule has 0 fully saturated rings. The fourth-order valence-electron chi connectivity index (χ4n) is 0.821. The quantitative estimate of drug-likeness (QED) is 0.805. The molecule has 4 heteroatoms. The van der Waals surface area contributed by atoms with E-state index in [4.69, 9.17) is 0 Å². The highest BCUT2D eigenvalue weighted by Gasteiger charge is 2.04. The van der Waals surface area contributed by atoms with Crippen LogP contribution < -0.4 is 4.72 Å². The molecule has 1 N–H and O–H groups in total. The zero-order chi connectivity index (χ0) is 9.84. The Balaban J connectivity index is 2.69. The van der Waals surface area contributed by atoms with Crippen LogP contribution in [0.1, 0.15) is 19.5 Å². The molecule has 0 aliphatic rings. The summed E-state index contributed by atoms with van der Waals surface area (Å²) in [4.78, 5) is 4.19. The zero-order valence-electron chi connectivity index (χ0n) is 8.07. The summed E-state index contributed by atoms with van der Waals surface area (Å²) in [6, 6.07) is 5.61. The molecule has 0 aliphatic carbocycles. The molecule has 0 saturated carbocycles. The van der Waals surface area contributed by atoms with Crippen molar-refractivity contribution in [3.63, 3.8) is 0 Å². The highest BCUT2D eigenvalue weighted by molar-refractivity contribution is 7.86. The van der Waals surface area contributed by atoms with Gasteiger partial charge in [-0.25, -0.2) is 9.19 Å². The van der Waals surface area contributed by atoms with E-state index in [1.807, 2.05) is 39.0 Å². The van der Waals surface area contributed by atoms with Gasteiger partial charge >= 0.3 is 0 Å². The summed E-state index contributed by atoms with van der Waals surface area (Å²) < 4.78 is 14.2. The van der Waals surface area contributed by atoms with Gasteiger partial charge in [-0.1, -0.05) is 6.07 Å². The number of nitrogens with one attached hydrogen (secondary N) is 1. The van der Waals surface area contributed by atoms with Crippen LogP contribution in [0, 0.1) is 6.92 Å². The molecular weight excluding hydrogens is 184 g/mol. The fourth-order valence-corrected chi connectivity index (χ4v) is 1.38. The second-order valence-corrected chi connectivity index (χ2v) is 4.85. The highest BCUT2D eigenvalue weighted by Crippen LogP contribution is 2.06. The SMILES string of the molecule is Cc1cccc(NS(=O)C(C)C)n1. The zero-order valence-corrected chi connectivity index (χ0v) is 8.89. The van der Waals surface area contributed by atoms with Crippen molar-refractivity contribution in [1.82, 2.24) is 4.98 Å². The molecule has 1 unspecified atom stereocenters. The van der Waals surface area contributed by atoms with Gasteiger partial charge in [-0.05, 0) is 32.9 Å². The average molecular weight is 198 g/mol. The van der Waals surface area contributed by atoms with Crippen molar-refractivity contribution in [2.24, 2.45) is 0 Å². The van der Waals surface area contributed by atoms with Gasteiger partial charge in [0.2, 0.25) is 0 Å². The Bertz CT molecular complexity index is 312. The molecule has 1 rings (SSSR count). The van der Waals surface area contributed by atoms with Gasteiger partial charge in [0.25, 0.3) is 0 Å². The first-order valence-corrected chi connectivity index (χ1v) is 5.42. The summed E-state index contributed by atoms with van der Waals surface area (Å²) >= 11 is 0. The van der Waals surface area contributed by atoms with Crippen molar-refractivity contribution in [3.8, 4) is 0 Å². The lowest BCUT2D eigenvalue weighted by Gasteiger charge is -2.07. The number of aromatic nitrogens is 1. The maximum Gasteiger partial charge on any atom is 0.137 e. The number of pyridine rings is 1. The van der Waals surface area contributed by atoms with E-state index in [0.29, 0.717) is 5.82 Å². The minimum absolute atomic E-state index is 0.0994. The van der Waals surface area contributed by atoms with Crippen molar-refractivity contribution < 1.29 is 4.21 Å². The minimum Gasteiger partial charge on any atom is -0.289 e. The molecule has 1 aromatic heterocycles. The van der Waals surface area contributed by atoms with E-state index >= 15 is 0 Å². The average Bonchev–Trinajstić information content (AvgIpc) is 2.04. The van der Waals surface area contributed by atoms with E-state index in [9.17, 15) is 4.21 Å². The molecule has 13 heavy (non-hydrogen) atoms. The predicted octanol–water partition coefficient (Wildman–Crippen LogP) is 1.87. The monoisotopic (exact) mass is 198 g/mol. The number of anilines is 1. The van der Waals surface area contributed by atoms with Crippen molar-refractivity contribution >= 4 is 16.8 Å². The smallest absolute Gasteiger partial charge is 0.137 e. The van der Waals surface area contributed by atoms with Gasteiger partial charge in [0, 0.05) is 10.9 Å². The summed E-state index contributed by atoms with van der Waals surface area (Å²) in [6.45, 7) is 5.71. The maximum atomic E-state index is 11.4. The van der Waals surface area contributed by atoms with Gasteiger partial charge in [-0.2, -0.15) is 0 Å². The Morgan fingerprint density at radius 2 is 2.15 bits per heavy atom. The fraction of sp³-hybridized carbons (Fsp3) is 0.444. The van der Waals surface area contributed by atoms with Gasteiger partial charge < -0.3 is 0 Å². The molecule has 3 nitrogen and oxygen atoms in total. The van der Waals surface area contributed by atoms with Gasteiger partial charge in [0.05, 0.1) is 0 Å². The highest BCUT2D eigenvalue weighted by atomic mass is 32.2.